The highest BCUT2D eigenvalue weighted by atomic mass is 19.1. The Morgan fingerprint density at radius 1 is 1.50 bits per heavy atom. The quantitative estimate of drug-likeness (QED) is 0.831. The topological polar surface area (TPSA) is 75.6 Å². The predicted molar refractivity (Wildman–Crippen MR) is 83.2 cm³/mol. The van der Waals surface area contributed by atoms with Crippen molar-refractivity contribution in [1.29, 1.82) is 0 Å². The van der Waals surface area contributed by atoms with Crippen molar-refractivity contribution in [2.75, 3.05) is 20.1 Å². The Hall–Kier alpha value is -2.22. The summed E-state index contributed by atoms with van der Waals surface area (Å²) in [4.78, 5) is 19.9. The number of rotatable bonds is 5. The van der Waals surface area contributed by atoms with Crippen LogP contribution in [0.3, 0.4) is 0 Å². The molecule has 8 heteroatoms. The first kappa shape index (κ1) is 16.6. The molecular formula is C16H21FN4O3. The summed E-state index contributed by atoms with van der Waals surface area (Å²) < 4.78 is 24.2. The van der Waals surface area contributed by atoms with Crippen LogP contribution in [0.4, 0.5) is 4.39 Å². The monoisotopic (exact) mass is 336 g/mol. The number of hydrogen-bond acceptors (Lipinski definition) is 6. The number of aryl methyl sites for hydroxylation is 2. The summed E-state index contributed by atoms with van der Waals surface area (Å²) in [5, 5.41) is 3.86. The number of alkyl halides is 1. The van der Waals surface area contributed by atoms with Gasteiger partial charge in [-0.3, -0.25) is 9.69 Å². The second-order valence-corrected chi connectivity index (χ2v) is 6.29. The van der Waals surface area contributed by atoms with Crippen LogP contribution in [0.15, 0.2) is 21.4 Å². The van der Waals surface area contributed by atoms with Crippen LogP contribution in [0.25, 0.3) is 0 Å². The Bertz CT molecular complexity index is 714. The van der Waals surface area contributed by atoms with Gasteiger partial charge in [0.25, 0.3) is 5.91 Å². The lowest BCUT2D eigenvalue weighted by Crippen LogP contribution is -2.41. The van der Waals surface area contributed by atoms with Crippen LogP contribution in [-0.4, -0.2) is 58.2 Å². The molecule has 0 aliphatic carbocycles. The molecule has 130 valence electrons. The summed E-state index contributed by atoms with van der Waals surface area (Å²) in [7, 11) is 1.69. The van der Waals surface area contributed by atoms with Crippen molar-refractivity contribution < 1.29 is 18.1 Å². The number of oxazole rings is 1. The second-order valence-electron chi connectivity index (χ2n) is 6.29. The first-order valence-corrected chi connectivity index (χ1v) is 7.90. The average Bonchev–Trinajstić information content (AvgIpc) is 3.21. The van der Waals surface area contributed by atoms with Gasteiger partial charge in [-0.25, -0.2) is 9.37 Å². The van der Waals surface area contributed by atoms with Gasteiger partial charge in [-0.1, -0.05) is 5.16 Å². The van der Waals surface area contributed by atoms with Gasteiger partial charge in [0.2, 0.25) is 0 Å². The molecule has 2 aromatic rings. The number of nitrogens with zero attached hydrogens (tertiary/aromatic N) is 4. The van der Waals surface area contributed by atoms with Crippen LogP contribution < -0.4 is 0 Å². The molecular weight excluding hydrogens is 315 g/mol. The fraction of sp³-hybridized carbons (Fsp3) is 0.562. The molecule has 0 radical (unpaired) electrons. The number of hydrogen-bond donors (Lipinski definition) is 0. The molecule has 0 unspecified atom stereocenters. The number of carbonyl (C=O) groups excluding carboxylic acids is 1. The molecule has 0 bridgehead atoms. The summed E-state index contributed by atoms with van der Waals surface area (Å²) in [6.45, 7) is 4.77. The normalized spacial score (nSPS) is 21.3. The van der Waals surface area contributed by atoms with Crippen molar-refractivity contribution in [3.8, 4) is 0 Å². The first-order chi connectivity index (χ1) is 11.4. The molecule has 1 fully saturated rings. The standard InChI is InChI=1S/C16H21FN4O3/c1-10-4-14(24-19-10)8-21-6-12(17)5-13(21)7-20(3)16(22)15-11(2)23-9-18-15/h4,9,12-13H,5-8H2,1-3H3/t12-,13-/m0/s1. The zero-order chi connectivity index (χ0) is 17.3. The SMILES string of the molecule is Cc1cc(CN2C[C@@H](F)C[C@H]2CN(C)C(=O)c2ncoc2C)on1. The van der Waals surface area contributed by atoms with Gasteiger partial charge in [0.05, 0.1) is 12.2 Å². The van der Waals surface area contributed by atoms with Crippen molar-refractivity contribution in [2.24, 2.45) is 0 Å². The maximum absolute atomic E-state index is 13.9. The van der Waals surface area contributed by atoms with Gasteiger partial charge in [0.15, 0.2) is 17.8 Å². The van der Waals surface area contributed by atoms with E-state index in [1.165, 1.54) is 6.39 Å². The molecule has 1 amide bonds. The Kier molecular flexibility index (Phi) is 4.66. The summed E-state index contributed by atoms with van der Waals surface area (Å²) in [6.07, 6.45) is 0.737. The Labute approximate surface area is 139 Å². The summed E-state index contributed by atoms with van der Waals surface area (Å²) in [5.74, 6) is 0.961. The predicted octanol–water partition coefficient (Wildman–Crippen LogP) is 1.96. The van der Waals surface area contributed by atoms with Gasteiger partial charge in [0.1, 0.15) is 11.9 Å². The molecule has 3 rings (SSSR count). The number of carbonyl (C=O) groups is 1. The van der Waals surface area contributed by atoms with Crippen LogP contribution >= 0.6 is 0 Å². The van der Waals surface area contributed by atoms with Crippen LogP contribution in [0.2, 0.25) is 0 Å². The highest BCUT2D eigenvalue weighted by Crippen LogP contribution is 2.24. The van der Waals surface area contributed by atoms with Crippen LogP contribution in [0, 0.1) is 13.8 Å². The van der Waals surface area contributed by atoms with Crippen molar-refractivity contribution in [3.05, 3.63) is 35.4 Å². The number of likely N-dealkylation sites (tertiary alicyclic amines) is 1. The Balaban J connectivity index is 1.65. The lowest BCUT2D eigenvalue weighted by Gasteiger charge is -2.27. The molecule has 0 spiro atoms. The minimum Gasteiger partial charge on any atom is -0.448 e. The van der Waals surface area contributed by atoms with E-state index in [1.807, 2.05) is 17.9 Å². The van der Waals surface area contributed by atoms with Gasteiger partial charge < -0.3 is 13.8 Å². The molecule has 3 heterocycles. The van der Waals surface area contributed by atoms with E-state index >= 15 is 0 Å². The fourth-order valence-electron chi connectivity index (χ4n) is 3.09. The largest absolute Gasteiger partial charge is 0.448 e. The molecule has 1 saturated heterocycles. The number of halogens is 1. The van der Waals surface area contributed by atoms with E-state index in [0.29, 0.717) is 43.3 Å². The van der Waals surface area contributed by atoms with Crippen LogP contribution in [0.1, 0.15) is 34.1 Å². The maximum atomic E-state index is 13.9. The van der Waals surface area contributed by atoms with E-state index in [2.05, 4.69) is 10.1 Å². The van der Waals surface area contributed by atoms with E-state index in [0.717, 1.165) is 5.69 Å². The van der Waals surface area contributed by atoms with Crippen LogP contribution in [0.5, 0.6) is 0 Å². The highest BCUT2D eigenvalue weighted by Gasteiger charge is 2.34. The smallest absolute Gasteiger partial charge is 0.275 e. The molecule has 0 saturated carbocycles. The molecule has 0 aromatic carbocycles. The van der Waals surface area contributed by atoms with Gasteiger partial charge in [-0.15, -0.1) is 0 Å². The molecule has 7 nitrogen and oxygen atoms in total. The summed E-state index contributed by atoms with van der Waals surface area (Å²) in [6, 6.07) is 1.77. The van der Waals surface area contributed by atoms with Crippen LogP contribution in [-0.2, 0) is 6.54 Å². The fourth-order valence-corrected chi connectivity index (χ4v) is 3.09. The van der Waals surface area contributed by atoms with Gasteiger partial charge in [0, 0.05) is 32.2 Å². The summed E-state index contributed by atoms with van der Waals surface area (Å²) >= 11 is 0. The van der Waals surface area contributed by atoms with E-state index in [1.54, 1.807) is 18.9 Å². The van der Waals surface area contributed by atoms with E-state index in [-0.39, 0.29) is 11.9 Å². The highest BCUT2D eigenvalue weighted by molar-refractivity contribution is 5.92. The van der Waals surface area contributed by atoms with E-state index in [9.17, 15) is 9.18 Å². The van der Waals surface area contributed by atoms with E-state index < -0.39 is 6.17 Å². The van der Waals surface area contributed by atoms with Crippen molar-refractivity contribution >= 4 is 5.91 Å². The number of amides is 1. The van der Waals surface area contributed by atoms with Crippen molar-refractivity contribution in [1.82, 2.24) is 19.9 Å². The van der Waals surface area contributed by atoms with Gasteiger partial charge in [-0.2, -0.15) is 0 Å². The zero-order valence-electron chi connectivity index (χ0n) is 14.0. The molecule has 1 aliphatic heterocycles. The van der Waals surface area contributed by atoms with E-state index in [4.69, 9.17) is 8.94 Å². The third-order valence-electron chi connectivity index (χ3n) is 4.29. The molecule has 24 heavy (non-hydrogen) atoms. The van der Waals surface area contributed by atoms with Gasteiger partial charge >= 0.3 is 0 Å². The molecule has 2 aromatic heterocycles. The second kappa shape index (κ2) is 6.72. The molecule has 2 atom stereocenters. The molecule has 0 N–H and O–H groups in total. The lowest BCUT2D eigenvalue weighted by atomic mass is 10.2. The average molecular weight is 336 g/mol. The third kappa shape index (κ3) is 3.48. The number of likely N-dealkylation sites (N-methyl/N-ethyl adjacent to an activating group) is 1. The first-order valence-electron chi connectivity index (χ1n) is 7.90. The molecule has 1 aliphatic rings. The van der Waals surface area contributed by atoms with Crippen molar-refractivity contribution in [2.45, 2.75) is 39.0 Å². The minimum atomic E-state index is -0.906. The lowest BCUT2D eigenvalue weighted by molar-refractivity contribution is 0.0739. The number of aromatic nitrogens is 2. The van der Waals surface area contributed by atoms with Crippen molar-refractivity contribution in [3.63, 3.8) is 0 Å². The minimum absolute atomic E-state index is 0.0773. The Morgan fingerprint density at radius 3 is 2.92 bits per heavy atom. The zero-order valence-corrected chi connectivity index (χ0v) is 14.0. The summed E-state index contributed by atoms with van der Waals surface area (Å²) in [5.41, 5.74) is 1.09. The Morgan fingerprint density at radius 2 is 2.29 bits per heavy atom. The van der Waals surface area contributed by atoms with Gasteiger partial charge in [-0.05, 0) is 20.3 Å². The maximum Gasteiger partial charge on any atom is 0.275 e. The third-order valence-corrected chi connectivity index (χ3v) is 4.29.